The first-order valence-corrected chi connectivity index (χ1v) is 7.75. The summed E-state index contributed by atoms with van der Waals surface area (Å²) < 4.78 is 38.9. The Hall–Kier alpha value is -1.80. The van der Waals surface area contributed by atoms with Gasteiger partial charge in [0.05, 0.1) is 11.3 Å². The van der Waals surface area contributed by atoms with Crippen LogP contribution in [0.3, 0.4) is 0 Å². The molecule has 0 spiro atoms. The summed E-state index contributed by atoms with van der Waals surface area (Å²) in [5, 5.41) is 2.25. The molecule has 0 bridgehead atoms. The first-order chi connectivity index (χ1) is 11.3. The van der Waals surface area contributed by atoms with Crippen LogP contribution in [0.25, 0.3) is 0 Å². The third-order valence-electron chi connectivity index (χ3n) is 3.77. The van der Waals surface area contributed by atoms with Crippen LogP contribution in [0.4, 0.5) is 18.9 Å². The third kappa shape index (κ3) is 5.10. The number of carbonyl (C=O) groups excluding carboxylic acids is 2. The van der Waals surface area contributed by atoms with Crippen LogP contribution in [0.15, 0.2) is 18.2 Å². The van der Waals surface area contributed by atoms with Crippen LogP contribution in [0.1, 0.15) is 12.0 Å². The molecule has 1 heterocycles. The summed E-state index contributed by atoms with van der Waals surface area (Å²) in [5.41, 5.74) is -1.27. The van der Waals surface area contributed by atoms with E-state index >= 15 is 0 Å². The third-order valence-corrected chi connectivity index (χ3v) is 4.01. The van der Waals surface area contributed by atoms with Crippen LogP contribution in [0, 0.1) is 0 Å². The van der Waals surface area contributed by atoms with Gasteiger partial charge in [0.25, 0.3) is 0 Å². The minimum absolute atomic E-state index is 0.0478. The zero-order chi connectivity index (χ0) is 17.7. The van der Waals surface area contributed by atoms with E-state index in [1.165, 1.54) is 6.07 Å². The van der Waals surface area contributed by atoms with Gasteiger partial charge in [-0.05, 0) is 18.2 Å². The number of nitrogens with one attached hydrogen (secondary N) is 1. The van der Waals surface area contributed by atoms with E-state index in [1.54, 1.807) is 4.90 Å². The summed E-state index contributed by atoms with van der Waals surface area (Å²) in [6, 6.07) is 3.23. The second-order valence-electron chi connectivity index (χ2n) is 5.47. The number of piperazine rings is 1. The van der Waals surface area contributed by atoms with Gasteiger partial charge < -0.3 is 10.2 Å². The molecule has 2 rings (SSSR count). The van der Waals surface area contributed by atoms with Gasteiger partial charge in [0.2, 0.25) is 12.3 Å². The van der Waals surface area contributed by atoms with E-state index in [9.17, 15) is 22.8 Å². The van der Waals surface area contributed by atoms with Gasteiger partial charge in [0, 0.05) is 44.2 Å². The molecule has 0 aliphatic carbocycles. The van der Waals surface area contributed by atoms with Crippen LogP contribution in [-0.4, -0.2) is 54.8 Å². The average molecular weight is 364 g/mol. The molecule has 1 aliphatic rings. The Bertz CT molecular complexity index is 602. The summed E-state index contributed by atoms with van der Waals surface area (Å²) in [6.07, 6.45) is -3.75. The second kappa shape index (κ2) is 7.85. The normalized spacial score (nSPS) is 16.1. The standard InChI is InChI=1S/C15H17ClF3N3O2/c16-11-1-2-13(12(9-11)15(17,18)19)20-14(24)3-4-21-5-7-22(10-23)8-6-21/h1-2,9-10H,3-8H2,(H,20,24). The molecule has 5 nitrogen and oxygen atoms in total. The number of amides is 2. The number of benzene rings is 1. The summed E-state index contributed by atoms with van der Waals surface area (Å²) in [6.45, 7) is 2.87. The molecule has 1 fully saturated rings. The molecule has 0 saturated carbocycles. The molecular weight excluding hydrogens is 347 g/mol. The Labute approximate surface area is 142 Å². The van der Waals surface area contributed by atoms with Gasteiger partial charge in [-0.25, -0.2) is 0 Å². The van der Waals surface area contributed by atoms with Crippen LogP contribution in [0.5, 0.6) is 0 Å². The lowest BCUT2D eigenvalue weighted by atomic mass is 10.1. The minimum Gasteiger partial charge on any atom is -0.343 e. The van der Waals surface area contributed by atoms with E-state index < -0.39 is 17.6 Å². The van der Waals surface area contributed by atoms with Gasteiger partial charge in [0.1, 0.15) is 0 Å². The molecule has 0 atom stereocenters. The number of halogens is 4. The monoisotopic (exact) mass is 363 g/mol. The van der Waals surface area contributed by atoms with E-state index in [0.29, 0.717) is 32.7 Å². The summed E-state index contributed by atoms with van der Waals surface area (Å²) >= 11 is 5.60. The van der Waals surface area contributed by atoms with E-state index in [4.69, 9.17) is 11.6 Å². The van der Waals surface area contributed by atoms with Crippen molar-refractivity contribution >= 4 is 29.6 Å². The molecule has 2 amide bonds. The lowest BCUT2D eigenvalue weighted by Gasteiger charge is -2.32. The lowest BCUT2D eigenvalue weighted by Crippen LogP contribution is -2.46. The largest absolute Gasteiger partial charge is 0.418 e. The molecule has 1 aliphatic heterocycles. The quantitative estimate of drug-likeness (QED) is 0.818. The maximum Gasteiger partial charge on any atom is 0.418 e. The molecule has 1 aromatic rings. The van der Waals surface area contributed by atoms with Gasteiger partial charge in [-0.1, -0.05) is 11.6 Å². The lowest BCUT2D eigenvalue weighted by molar-refractivity contribution is -0.137. The molecule has 0 unspecified atom stereocenters. The first kappa shape index (κ1) is 18.5. The van der Waals surface area contributed by atoms with Crippen molar-refractivity contribution in [3.8, 4) is 0 Å². The van der Waals surface area contributed by atoms with Gasteiger partial charge >= 0.3 is 6.18 Å². The number of hydrogen-bond acceptors (Lipinski definition) is 3. The molecule has 0 radical (unpaired) electrons. The van der Waals surface area contributed by atoms with Gasteiger partial charge in [-0.3, -0.25) is 14.5 Å². The summed E-state index contributed by atoms with van der Waals surface area (Å²) in [7, 11) is 0. The van der Waals surface area contributed by atoms with Crippen molar-refractivity contribution < 1.29 is 22.8 Å². The van der Waals surface area contributed by atoms with Crippen molar-refractivity contribution in [2.45, 2.75) is 12.6 Å². The molecule has 1 aromatic carbocycles. The fourth-order valence-electron chi connectivity index (χ4n) is 2.42. The molecule has 24 heavy (non-hydrogen) atoms. The minimum atomic E-state index is -4.60. The van der Waals surface area contributed by atoms with Crippen molar-refractivity contribution in [2.24, 2.45) is 0 Å². The van der Waals surface area contributed by atoms with E-state index in [0.717, 1.165) is 18.5 Å². The van der Waals surface area contributed by atoms with Crippen molar-refractivity contribution in [1.82, 2.24) is 9.80 Å². The number of anilines is 1. The maximum atomic E-state index is 13.0. The Morgan fingerprint density at radius 2 is 1.92 bits per heavy atom. The highest BCUT2D eigenvalue weighted by molar-refractivity contribution is 6.30. The Kier molecular flexibility index (Phi) is 6.06. The fourth-order valence-corrected chi connectivity index (χ4v) is 2.60. The number of hydrogen-bond donors (Lipinski definition) is 1. The average Bonchev–Trinajstić information content (AvgIpc) is 2.54. The summed E-state index contributed by atoms with van der Waals surface area (Å²) in [5.74, 6) is -0.499. The molecule has 9 heteroatoms. The number of rotatable bonds is 5. The van der Waals surface area contributed by atoms with Gasteiger partial charge in [-0.15, -0.1) is 0 Å². The van der Waals surface area contributed by atoms with Crippen LogP contribution < -0.4 is 5.32 Å². The van der Waals surface area contributed by atoms with E-state index in [-0.39, 0.29) is 17.1 Å². The van der Waals surface area contributed by atoms with Crippen LogP contribution in [0.2, 0.25) is 5.02 Å². The maximum absolute atomic E-state index is 13.0. The van der Waals surface area contributed by atoms with E-state index in [1.807, 2.05) is 4.90 Å². The highest BCUT2D eigenvalue weighted by atomic mass is 35.5. The van der Waals surface area contributed by atoms with Gasteiger partial charge in [-0.2, -0.15) is 13.2 Å². The topological polar surface area (TPSA) is 52.7 Å². The first-order valence-electron chi connectivity index (χ1n) is 7.38. The van der Waals surface area contributed by atoms with Crippen molar-refractivity contribution in [3.05, 3.63) is 28.8 Å². The number of carbonyl (C=O) groups is 2. The van der Waals surface area contributed by atoms with Gasteiger partial charge in [0.15, 0.2) is 0 Å². The zero-order valence-electron chi connectivity index (χ0n) is 12.8. The molecule has 1 N–H and O–H groups in total. The van der Waals surface area contributed by atoms with Crippen molar-refractivity contribution in [3.63, 3.8) is 0 Å². The fraction of sp³-hybridized carbons (Fsp3) is 0.467. The molecular formula is C15H17ClF3N3O2. The Morgan fingerprint density at radius 3 is 2.50 bits per heavy atom. The predicted octanol–water partition coefficient (Wildman–Crippen LogP) is 2.46. The SMILES string of the molecule is O=CN1CCN(CCC(=O)Nc2ccc(Cl)cc2C(F)(F)F)CC1. The molecule has 1 saturated heterocycles. The zero-order valence-corrected chi connectivity index (χ0v) is 13.5. The van der Waals surface area contributed by atoms with Crippen LogP contribution >= 0.6 is 11.6 Å². The van der Waals surface area contributed by atoms with E-state index in [2.05, 4.69) is 5.32 Å². The highest BCUT2D eigenvalue weighted by Crippen LogP contribution is 2.36. The molecule has 0 aromatic heterocycles. The summed E-state index contributed by atoms with van der Waals surface area (Å²) in [4.78, 5) is 26.2. The van der Waals surface area contributed by atoms with Crippen LogP contribution in [-0.2, 0) is 15.8 Å². The Morgan fingerprint density at radius 1 is 1.25 bits per heavy atom. The highest BCUT2D eigenvalue weighted by Gasteiger charge is 2.34. The smallest absolute Gasteiger partial charge is 0.343 e. The van der Waals surface area contributed by atoms with Crippen molar-refractivity contribution in [1.29, 1.82) is 0 Å². The Balaban J connectivity index is 1.90. The van der Waals surface area contributed by atoms with Crippen molar-refractivity contribution in [2.75, 3.05) is 38.0 Å². The number of nitrogens with zero attached hydrogens (tertiary/aromatic N) is 2. The number of alkyl halides is 3. The molecule has 132 valence electrons. The second-order valence-corrected chi connectivity index (χ2v) is 5.91. The predicted molar refractivity (Wildman–Crippen MR) is 83.8 cm³/mol.